The molecule has 450 valence electrons. The fourth-order valence-corrected chi connectivity index (χ4v) is 5.80. The molecule has 26 heteroatoms. The summed E-state index contributed by atoms with van der Waals surface area (Å²) in [4.78, 5) is 67.6. The second kappa shape index (κ2) is 57.0. The van der Waals surface area contributed by atoms with Crippen molar-refractivity contribution in [1.29, 1.82) is 0 Å². The number of hydrazine groups is 1. The van der Waals surface area contributed by atoms with Crippen molar-refractivity contribution in [2.75, 3.05) is 165 Å². The maximum absolute atomic E-state index is 11.9. The number of nitrogens with one attached hydrogen (secondary N) is 4. The SMILES string of the molecule is C#C.CC.CC(C)C(NC(=O)CCOCCN1C(=O)C=CC1=O)C(=O)NCC=O.CCCNC(N)=O.[B]Cc1ccc(NC)cc1COC/C(N)=C/N(N)CCOCCOCCOCCOCCOCCOCCOCCOC. The van der Waals surface area contributed by atoms with Gasteiger partial charge in [0.15, 0.2) is 0 Å². The van der Waals surface area contributed by atoms with Crippen LogP contribution in [0, 0.1) is 18.8 Å². The van der Waals surface area contributed by atoms with Gasteiger partial charge in [0.2, 0.25) is 11.8 Å². The van der Waals surface area contributed by atoms with E-state index in [0.717, 1.165) is 28.1 Å². The molecule has 1 atom stereocenters. The highest BCUT2D eigenvalue weighted by molar-refractivity contribution is 6.12. The first-order chi connectivity index (χ1) is 38.2. The Labute approximate surface area is 470 Å². The molecule has 0 bridgehead atoms. The van der Waals surface area contributed by atoms with E-state index in [1.54, 1.807) is 27.2 Å². The average molecular weight is 1120 g/mol. The third-order valence-electron chi connectivity index (χ3n) is 9.74. The Balaban J connectivity index is -0.00000134. The van der Waals surface area contributed by atoms with Gasteiger partial charge in [-0.3, -0.25) is 24.1 Å². The van der Waals surface area contributed by atoms with Gasteiger partial charge in [-0.25, -0.2) is 10.6 Å². The Morgan fingerprint density at radius 1 is 0.734 bits per heavy atom. The van der Waals surface area contributed by atoms with Crippen LogP contribution in [0.5, 0.6) is 0 Å². The minimum Gasteiger partial charge on any atom is -0.399 e. The van der Waals surface area contributed by atoms with E-state index in [1.807, 2.05) is 46.0 Å². The highest BCUT2D eigenvalue weighted by atomic mass is 16.6. The fourth-order valence-electron chi connectivity index (χ4n) is 5.80. The number of terminal acetylenes is 1. The minimum absolute atomic E-state index is 0.0321. The number of hydrogen-bond donors (Lipinski definition) is 7. The van der Waals surface area contributed by atoms with E-state index in [9.17, 15) is 28.8 Å². The van der Waals surface area contributed by atoms with Crippen molar-refractivity contribution in [2.24, 2.45) is 23.2 Å². The van der Waals surface area contributed by atoms with Gasteiger partial charge in [0.25, 0.3) is 11.8 Å². The van der Waals surface area contributed by atoms with E-state index in [-0.39, 0.29) is 63.0 Å². The summed E-state index contributed by atoms with van der Waals surface area (Å²) < 4.78 is 54.0. The summed E-state index contributed by atoms with van der Waals surface area (Å²) in [7, 11) is 9.33. The summed E-state index contributed by atoms with van der Waals surface area (Å²) in [5, 5.41) is 12.0. The summed E-state index contributed by atoms with van der Waals surface area (Å²) in [5.41, 5.74) is 14.3. The van der Waals surface area contributed by atoms with Crippen LogP contribution >= 0.6 is 0 Å². The fraction of sp³-hybridized carbons (Fsp3) is 0.660. The molecule has 0 aromatic heterocycles. The number of imide groups is 1. The molecular formula is C53H94BN9O16. The molecule has 6 amide bonds. The van der Waals surface area contributed by atoms with E-state index in [4.69, 9.17) is 72.5 Å². The lowest BCUT2D eigenvalue weighted by atomic mass is 9.93. The zero-order valence-electron chi connectivity index (χ0n) is 48.0. The van der Waals surface area contributed by atoms with Gasteiger partial charge in [-0.1, -0.05) is 52.6 Å². The van der Waals surface area contributed by atoms with Crippen LogP contribution in [0.3, 0.4) is 0 Å². The lowest BCUT2D eigenvalue weighted by Gasteiger charge is -2.21. The summed E-state index contributed by atoms with van der Waals surface area (Å²) >= 11 is 0. The van der Waals surface area contributed by atoms with Gasteiger partial charge < -0.3 is 89.9 Å². The second-order valence-corrected chi connectivity index (χ2v) is 16.2. The van der Waals surface area contributed by atoms with Crippen molar-refractivity contribution in [1.82, 2.24) is 25.9 Å². The number of nitrogens with two attached hydrogens (primary N) is 3. The molecule has 0 fully saturated rings. The molecule has 2 radical (unpaired) electrons. The molecule has 0 saturated carbocycles. The molecule has 1 heterocycles. The highest BCUT2D eigenvalue weighted by Crippen LogP contribution is 2.17. The van der Waals surface area contributed by atoms with Crippen LogP contribution in [0.4, 0.5) is 10.5 Å². The van der Waals surface area contributed by atoms with E-state index in [0.29, 0.717) is 137 Å². The van der Waals surface area contributed by atoms with Gasteiger partial charge in [0.05, 0.1) is 159 Å². The predicted molar refractivity (Wildman–Crippen MR) is 302 cm³/mol. The smallest absolute Gasteiger partial charge is 0.312 e. The maximum Gasteiger partial charge on any atom is 0.312 e. The average Bonchev–Trinajstić information content (AvgIpc) is 3.77. The molecule has 1 aliphatic rings. The normalized spacial score (nSPS) is 11.9. The number of carbonyl (C=O) groups excluding carboxylic acids is 6. The van der Waals surface area contributed by atoms with Crippen LogP contribution in [-0.2, 0) is 84.3 Å². The number of methoxy groups -OCH3 is 1. The maximum atomic E-state index is 11.9. The van der Waals surface area contributed by atoms with Gasteiger partial charge in [-0.15, -0.1) is 12.8 Å². The Hall–Kier alpha value is -5.70. The number of rotatable bonds is 44. The molecular weight excluding hydrogens is 1030 g/mol. The third kappa shape index (κ3) is 46.9. The standard InChI is InChI=1S/C29H53BN4O9.C16H23N3O6.C4H10N2O.C2H6.C2H2/c1-33-29-4-3-26(22-30)27(21-29)24-43-25-28(31)23-34(32)5-6-36-9-10-38-13-14-40-17-18-42-20-19-41-16-15-39-12-11-37-8-7-35-2;1-11(2)15(16(24)17-6-8-20)18-12(21)5-9-25-10-7-19-13(22)3-4-14(19)23;1-2-3-6-4(5)7;2*1-2/h3-4,21,23,33H,5-20,22,24-25,31-32H2,1-2H3;3-4,8,11,15H,5-7,9-10H2,1-2H3,(H,17,24)(H,18,21);2-3H2,1H3,(H3,5,6,7);1-2H3;1-2H/b28-23-;;;;. The van der Waals surface area contributed by atoms with Gasteiger partial charge in [-0.05, 0) is 30.0 Å². The second-order valence-electron chi connectivity index (χ2n) is 16.2. The number of amides is 6. The summed E-state index contributed by atoms with van der Waals surface area (Å²) in [6.45, 7) is 19.3. The Bertz CT molecular complexity index is 1780. The quantitative estimate of drug-likeness (QED) is 0.00902. The Kier molecular flexibility index (Phi) is 55.9. The van der Waals surface area contributed by atoms with Gasteiger partial charge in [0, 0.05) is 51.2 Å². The largest absolute Gasteiger partial charge is 0.399 e. The molecule has 25 nitrogen and oxygen atoms in total. The number of hydrogen-bond acceptors (Lipinski definition) is 20. The molecule has 1 aromatic rings. The topological polar surface area (TPSA) is 327 Å². The zero-order chi connectivity index (χ0) is 59.7. The Morgan fingerprint density at radius 3 is 1.66 bits per heavy atom. The third-order valence-corrected chi connectivity index (χ3v) is 9.74. The first kappa shape index (κ1) is 77.5. The van der Waals surface area contributed by atoms with Crippen LogP contribution in [-0.4, -0.2) is 219 Å². The van der Waals surface area contributed by atoms with E-state index < -0.39 is 18.0 Å². The van der Waals surface area contributed by atoms with Crippen molar-refractivity contribution >= 4 is 49.5 Å². The number of carbonyl (C=O) groups is 6. The molecule has 0 spiro atoms. The van der Waals surface area contributed by atoms with Crippen molar-refractivity contribution in [3.8, 4) is 12.8 Å². The highest BCUT2D eigenvalue weighted by Gasteiger charge is 2.24. The number of ether oxygens (including phenoxy) is 10. The van der Waals surface area contributed by atoms with Gasteiger partial charge in [0.1, 0.15) is 12.3 Å². The molecule has 2 rings (SSSR count). The van der Waals surface area contributed by atoms with Crippen molar-refractivity contribution in [3.05, 3.63) is 53.4 Å². The lowest BCUT2D eigenvalue weighted by Crippen LogP contribution is -2.50. The summed E-state index contributed by atoms with van der Waals surface area (Å²) in [6.07, 6.45) is 14.0. The monoisotopic (exact) mass is 1120 g/mol. The van der Waals surface area contributed by atoms with E-state index in [1.165, 1.54) is 17.2 Å². The van der Waals surface area contributed by atoms with E-state index in [2.05, 4.69) is 34.1 Å². The van der Waals surface area contributed by atoms with Crippen molar-refractivity contribution in [2.45, 2.75) is 66.4 Å². The van der Waals surface area contributed by atoms with Crippen LogP contribution in [0.2, 0.25) is 0 Å². The van der Waals surface area contributed by atoms with Crippen LogP contribution < -0.4 is 38.6 Å². The number of urea groups is 1. The number of primary amides is 1. The zero-order valence-corrected chi connectivity index (χ0v) is 48.0. The van der Waals surface area contributed by atoms with Crippen molar-refractivity contribution in [3.63, 3.8) is 0 Å². The lowest BCUT2D eigenvalue weighted by molar-refractivity contribution is -0.138. The number of benzene rings is 1. The number of anilines is 1. The number of aldehydes is 1. The molecule has 0 aliphatic carbocycles. The number of nitrogens with zero attached hydrogens (tertiary/aromatic N) is 2. The molecule has 1 aromatic carbocycles. The van der Waals surface area contributed by atoms with Crippen molar-refractivity contribution < 1.29 is 76.1 Å². The van der Waals surface area contributed by atoms with Crippen LogP contribution in [0.15, 0.2) is 42.2 Å². The minimum atomic E-state index is -0.738. The molecule has 1 unspecified atom stereocenters. The molecule has 1 aliphatic heterocycles. The van der Waals surface area contributed by atoms with Crippen LogP contribution in [0.25, 0.3) is 0 Å². The van der Waals surface area contributed by atoms with Crippen LogP contribution in [0.1, 0.15) is 58.6 Å². The molecule has 10 N–H and O–H groups in total. The first-order valence-electron chi connectivity index (χ1n) is 26.3. The summed E-state index contributed by atoms with van der Waals surface area (Å²) in [5.74, 6) is 4.28. The molecule has 0 saturated heterocycles. The summed E-state index contributed by atoms with van der Waals surface area (Å²) in [6, 6.07) is 4.81. The first-order valence-corrected chi connectivity index (χ1v) is 26.3. The van der Waals surface area contributed by atoms with Gasteiger partial charge in [-0.2, -0.15) is 0 Å². The van der Waals surface area contributed by atoms with E-state index >= 15 is 0 Å². The van der Waals surface area contributed by atoms with Gasteiger partial charge >= 0.3 is 6.03 Å². The Morgan fingerprint density at radius 2 is 1.23 bits per heavy atom. The molecule has 79 heavy (non-hydrogen) atoms. The predicted octanol–water partition coefficient (Wildman–Crippen LogP) is 0.766.